The molecule has 0 aliphatic carbocycles. The van der Waals surface area contributed by atoms with Crippen LogP contribution in [-0.4, -0.2) is 30.1 Å². The van der Waals surface area contributed by atoms with Crippen LogP contribution in [-0.2, 0) is 4.74 Å². The normalized spacial score (nSPS) is 9.65. The third-order valence-electron chi connectivity index (χ3n) is 2.72. The number of carbonyl (C=O) groups excluding carboxylic acids is 1. The minimum atomic E-state index is -0.543. The van der Waals surface area contributed by atoms with Crippen LogP contribution >= 0.6 is 0 Å². The van der Waals surface area contributed by atoms with Gasteiger partial charge in [0, 0.05) is 12.7 Å². The number of anilines is 2. The van der Waals surface area contributed by atoms with E-state index in [-0.39, 0.29) is 5.69 Å². The largest absolute Gasteiger partial charge is 0.464 e. The van der Waals surface area contributed by atoms with E-state index in [1.807, 2.05) is 6.07 Å². The molecule has 100 valence electrons. The van der Waals surface area contributed by atoms with Gasteiger partial charge in [-0.15, -0.1) is 0 Å². The molecular weight excluding hydrogens is 256 g/mol. The fourth-order valence-corrected chi connectivity index (χ4v) is 1.64. The van der Waals surface area contributed by atoms with E-state index in [4.69, 9.17) is 5.26 Å². The molecule has 0 fully saturated rings. The summed E-state index contributed by atoms with van der Waals surface area (Å²) in [5.74, 6) is -0.0542. The Balaban J connectivity index is 2.35. The zero-order chi connectivity index (χ0) is 14.5. The smallest absolute Gasteiger partial charge is 0.358 e. The number of esters is 1. The topological polar surface area (TPSA) is 79.1 Å². The van der Waals surface area contributed by atoms with E-state index in [2.05, 4.69) is 20.8 Å². The van der Waals surface area contributed by atoms with Crippen LogP contribution in [0.25, 0.3) is 0 Å². The highest BCUT2D eigenvalue weighted by Crippen LogP contribution is 2.22. The molecule has 0 atom stereocenters. The van der Waals surface area contributed by atoms with E-state index in [1.165, 1.54) is 19.5 Å². The molecule has 0 amide bonds. The average molecular weight is 268 g/mol. The monoisotopic (exact) mass is 268 g/mol. The van der Waals surface area contributed by atoms with Crippen LogP contribution in [0.2, 0.25) is 0 Å². The van der Waals surface area contributed by atoms with Crippen molar-refractivity contribution in [2.45, 2.75) is 0 Å². The first-order chi connectivity index (χ1) is 9.65. The number of hydrogen-bond acceptors (Lipinski definition) is 6. The summed E-state index contributed by atoms with van der Waals surface area (Å²) in [6, 6.07) is 9.14. The molecule has 1 heterocycles. The standard InChI is InChI=1S/C14H12N4O2/c1-18(11-5-3-4-10(6-11)7-15)13-9-16-8-12(17-13)14(19)20-2/h3-6,8-9H,1-2H3. The molecule has 6 nitrogen and oxygen atoms in total. The van der Waals surface area contributed by atoms with Crippen LogP contribution < -0.4 is 4.90 Å². The summed E-state index contributed by atoms with van der Waals surface area (Å²) >= 11 is 0. The Morgan fingerprint density at radius 1 is 1.40 bits per heavy atom. The van der Waals surface area contributed by atoms with Crippen LogP contribution in [0.15, 0.2) is 36.7 Å². The number of ether oxygens (including phenoxy) is 1. The molecule has 2 rings (SSSR count). The van der Waals surface area contributed by atoms with Gasteiger partial charge in [0.05, 0.1) is 31.1 Å². The summed E-state index contributed by atoms with van der Waals surface area (Å²) in [5.41, 5.74) is 1.46. The number of hydrogen-bond donors (Lipinski definition) is 0. The van der Waals surface area contributed by atoms with E-state index >= 15 is 0 Å². The van der Waals surface area contributed by atoms with Gasteiger partial charge in [-0.25, -0.2) is 9.78 Å². The zero-order valence-corrected chi connectivity index (χ0v) is 11.1. The summed E-state index contributed by atoms with van der Waals surface area (Å²) in [7, 11) is 3.07. The quantitative estimate of drug-likeness (QED) is 0.791. The van der Waals surface area contributed by atoms with Gasteiger partial charge in [0.25, 0.3) is 0 Å². The van der Waals surface area contributed by atoms with Gasteiger partial charge in [-0.1, -0.05) is 6.07 Å². The Morgan fingerprint density at radius 3 is 2.90 bits per heavy atom. The van der Waals surface area contributed by atoms with Gasteiger partial charge in [0.1, 0.15) is 0 Å². The lowest BCUT2D eigenvalue weighted by molar-refractivity contribution is 0.0593. The SMILES string of the molecule is COC(=O)c1cncc(N(C)c2cccc(C#N)c2)n1. The van der Waals surface area contributed by atoms with Crippen molar-refractivity contribution in [3.8, 4) is 6.07 Å². The van der Waals surface area contributed by atoms with Crippen LogP contribution in [0.5, 0.6) is 0 Å². The van der Waals surface area contributed by atoms with Crippen molar-refractivity contribution in [2.24, 2.45) is 0 Å². The van der Waals surface area contributed by atoms with Gasteiger partial charge in [-0.05, 0) is 18.2 Å². The van der Waals surface area contributed by atoms with E-state index in [0.29, 0.717) is 11.4 Å². The summed E-state index contributed by atoms with van der Waals surface area (Å²) in [4.78, 5) is 21.3. The van der Waals surface area contributed by atoms with Crippen molar-refractivity contribution in [3.05, 3.63) is 47.9 Å². The molecule has 0 aliphatic heterocycles. The molecule has 0 N–H and O–H groups in total. The van der Waals surface area contributed by atoms with Gasteiger partial charge in [0.2, 0.25) is 0 Å². The Morgan fingerprint density at radius 2 is 2.20 bits per heavy atom. The summed E-state index contributed by atoms with van der Waals surface area (Å²) in [5, 5.41) is 8.91. The lowest BCUT2D eigenvalue weighted by Crippen LogP contribution is -2.14. The first kappa shape index (κ1) is 13.5. The second-order valence-electron chi connectivity index (χ2n) is 3.98. The lowest BCUT2D eigenvalue weighted by Gasteiger charge is -2.18. The van der Waals surface area contributed by atoms with Crippen molar-refractivity contribution >= 4 is 17.5 Å². The Labute approximate surface area is 116 Å². The van der Waals surface area contributed by atoms with E-state index in [0.717, 1.165) is 5.69 Å². The van der Waals surface area contributed by atoms with Crippen LogP contribution in [0, 0.1) is 11.3 Å². The van der Waals surface area contributed by atoms with Crippen molar-refractivity contribution < 1.29 is 9.53 Å². The van der Waals surface area contributed by atoms with Crippen molar-refractivity contribution in [2.75, 3.05) is 19.1 Å². The third kappa shape index (κ3) is 2.72. The second-order valence-corrected chi connectivity index (χ2v) is 3.98. The fraction of sp³-hybridized carbons (Fsp3) is 0.143. The summed E-state index contributed by atoms with van der Waals surface area (Å²) in [6.07, 6.45) is 2.88. The minimum Gasteiger partial charge on any atom is -0.464 e. The summed E-state index contributed by atoms with van der Waals surface area (Å²) < 4.78 is 4.61. The maximum absolute atomic E-state index is 11.4. The second kappa shape index (κ2) is 5.80. The summed E-state index contributed by atoms with van der Waals surface area (Å²) in [6.45, 7) is 0. The van der Waals surface area contributed by atoms with Crippen molar-refractivity contribution in [1.82, 2.24) is 9.97 Å². The fourth-order valence-electron chi connectivity index (χ4n) is 1.64. The highest BCUT2D eigenvalue weighted by Gasteiger charge is 2.12. The van der Waals surface area contributed by atoms with E-state index < -0.39 is 5.97 Å². The Hall–Kier alpha value is -2.94. The predicted molar refractivity (Wildman–Crippen MR) is 72.6 cm³/mol. The number of nitriles is 1. The first-order valence-electron chi connectivity index (χ1n) is 5.80. The average Bonchev–Trinajstić information content (AvgIpc) is 2.53. The first-order valence-corrected chi connectivity index (χ1v) is 5.80. The van der Waals surface area contributed by atoms with Gasteiger partial charge in [0.15, 0.2) is 11.5 Å². The zero-order valence-electron chi connectivity index (χ0n) is 11.1. The number of benzene rings is 1. The molecule has 0 spiro atoms. The van der Waals surface area contributed by atoms with Gasteiger partial charge < -0.3 is 9.64 Å². The molecule has 1 aromatic carbocycles. The number of rotatable bonds is 3. The number of carbonyl (C=O) groups is 1. The Bertz CT molecular complexity index is 679. The lowest BCUT2D eigenvalue weighted by atomic mass is 10.2. The molecule has 0 aliphatic rings. The maximum Gasteiger partial charge on any atom is 0.358 e. The third-order valence-corrected chi connectivity index (χ3v) is 2.72. The van der Waals surface area contributed by atoms with Crippen LogP contribution in [0.4, 0.5) is 11.5 Å². The number of aromatic nitrogens is 2. The molecule has 0 saturated heterocycles. The van der Waals surface area contributed by atoms with Gasteiger partial charge in [-0.2, -0.15) is 5.26 Å². The molecule has 2 aromatic rings. The van der Waals surface area contributed by atoms with Gasteiger partial charge >= 0.3 is 5.97 Å². The molecule has 0 unspecified atom stereocenters. The molecule has 1 aromatic heterocycles. The molecule has 0 radical (unpaired) electrons. The highest BCUT2D eigenvalue weighted by atomic mass is 16.5. The van der Waals surface area contributed by atoms with Crippen molar-refractivity contribution in [3.63, 3.8) is 0 Å². The van der Waals surface area contributed by atoms with Crippen molar-refractivity contribution in [1.29, 1.82) is 5.26 Å². The molecular formula is C14H12N4O2. The Kier molecular flexibility index (Phi) is 3.91. The van der Waals surface area contributed by atoms with Crippen LogP contribution in [0.1, 0.15) is 16.1 Å². The highest BCUT2D eigenvalue weighted by molar-refractivity contribution is 5.87. The van der Waals surface area contributed by atoms with Gasteiger partial charge in [-0.3, -0.25) is 4.98 Å². The molecule has 0 saturated carbocycles. The van der Waals surface area contributed by atoms with Crippen LogP contribution in [0.3, 0.4) is 0 Å². The molecule has 0 bridgehead atoms. The number of methoxy groups -OCH3 is 1. The predicted octanol–water partition coefficient (Wildman–Crippen LogP) is 1.90. The minimum absolute atomic E-state index is 0.133. The maximum atomic E-state index is 11.4. The number of nitrogens with zero attached hydrogens (tertiary/aromatic N) is 4. The van der Waals surface area contributed by atoms with E-state index in [1.54, 1.807) is 30.1 Å². The molecule has 6 heteroatoms. The molecule has 20 heavy (non-hydrogen) atoms. The van der Waals surface area contributed by atoms with E-state index in [9.17, 15) is 4.79 Å².